The van der Waals surface area contributed by atoms with E-state index in [0.29, 0.717) is 11.3 Å². The molecule has 0 aliphatic rings. The molecule has 0 unspecified atom stereocenters. The van der Waals surface area contributed by atoms with Gasteiger partial charge < -0.3 is 0 Å². The van der Waals surface area contributed by atoms with E-state index in [1.807, 2.05) is 0 Å². The molecule has 0 amide bonds. The van der Waals surface area contributed by atoms with Gasteiger partial charge in [0.25, 0.3) is 0 Å². The highest BCUT2D eigenvalue weighted by Gasteiger charge is 2.19. The van der Waals surface area contributed by atoms with Crippen LogP contribution < -0.4 is 0 Å². The third kappa shape index (κ3) is 3.51. The maximum absolute atomic E-state index is 9.57. The van der Waals surface area contributed by atoms with Crippen molar-refractivity contribution in [2.45, 2.75) is 0 Å². The van der Waals surface area contributed by atoms with Crippen molar-refractivity contribution < 1.29 is 32.9 Å². The Morgan fingerprint density at radius 3 is 1.59 bits per heavy atom. The van der Waals surface area contributed by atoms with Crippen LogP contribution in [-0.2, 0) is 0 Å². The van der Waals surface area contributed by atoms with E-state index in [4.69, 9.17) is 24.7 Å². The van der Waals surface area contributed by atoms with Gasteiger partial charge in [0.1, 0.15) is 0 Å². The van der Waals surface area contributed by atoms with E-state index in [9.17, 15) is 8.22 Å². The van der Waals surface area contributed by atoms with E-state index in [1.54, 1.807) is 0 Å². The maximum Gasteiger partial charge on any atom is 0.0638 e. The van der Waals surface area contributed by atoms with E-state index >= 15 is 0 Å². The van der Waals surface area contributed by atoms with Crippen LogP contribution in [0.4, 0.5) is 0 Å². The fourth-order valence-corrected chi connectivity index (χ4v) is 5.61. The zero-order valence-corrected chi connectivity index (χ0v) is 20.2. The SMILES string of the molecule is [2H]c1c([2H])c([2H])c(-c2c([2H])c([2H])c3sc4c([2H])c([2H])c([2H])c(-c5c6c([2H])c([2H])c([2H])c([2H])c6c(-c6c([2H])c([2H])c([2H])c([2H])c6[2H])c6c([2H])c([2H])c([2H])c([2H])c56)c4c3c2[2H])c([2H])c1[2H]. The Morgan fingerprint density at radius 1 is 0.385 bits per heavy atom. The van der Waals surface area contributed by atoms with Gasteiger partial charge in [0.05, 0.1) is 32.9 Å². The van der Waals surface area contributed by atoms with Gasteiger partial charge in [-0.25, -0.2) is 0 Å². The minimum atomic E-state index is -0.918. The van der Waals surface area contributed by atoms with Crippen molar-refractivity contribution in [3.63, 3.8) is 0 Å². The minimum Gasteiger partial charge on any atom is -0.135 e. The average molecular weight is 537 g/mol. The average Bonchev–Trinajstić information content (AvgIpc) is 3.66. The summed E-state index contributed by atoms with van der Waals surface area (Å²) in [5.74, 6) is 0. The quantitative estimate of drug-likeness (QED) is 0.197. The summed E-state index contributed by atoms with van der Waals surface area (Å²) in [6.07, 6.45) is 0. The summed E-state index contributed by atoms with van der Waals surface area (Å²) in [6, 6.07) is -20.3. The third-order valence-electron chi connectivity index (χ3n) is 6.20. The molecule has 0 aliphatic carbocycles. The Balaban J connectivity index is 1.78. The number of thiophene rings is 1. The maximum atomic E-state index is 9.57. The molecule has 0 spiro atoms. The highest BCUT2D eigenvalue weighted by Crippen LogP contribution is 2.48. The van der Waals surface area contributed by atoms with Gasteiger partial charge in [0.15, 0.2) is 0 Å². The molecular formula is C38H24S. The Labute approximate surface area is 265 Å². The number of rotatable bonds is 3. The van der Waals surface area contributed by atoms with E-state index < -0.39 is 200 Å². The Hall–Kier alpha value is -4.72. The summed E-state index contributed by atoms with van der Waals surface area (Å²) in [6.45, 7) is 0. The molecule has 0 saturated heterocycles. The topological polar surface area (TPSA) is 0 Å². The van der Waals surface area contributed by atoms with Crippen LogP contribution in [0.3, 0.4) is 0 Å². The second kappa shape index (κ2) is 8.94. The van der Waals surface area contributed by atoms with Gasteiger partial charge in [-0.3, -0.25) is 0 Å². The molecule has 1 aromatic heterocycles. The first-order chi connectivity index (χ1) is 29.3. The molecule has 1 heterocycles. The minimum absolute atomic E-state index is 0.218. The van der Waals surface area contributed by atoms with Gasteiger partial charge >= 0.3 is 0 Å². The summed E-state index contributed by atoms with van der Waals surface area (Å²) in [5, 5.41) is -3.21. The number of benzene rings is 7. The first kappa shape index (κ1) is 8.91. The molecule has 0 radical (unpaired) electrons. The fourth-order valence-electron chi connectivity index (χ4n) is 4.64. The molecule has 0 nitrogen and oxygen atoms in total. The third-order valence-corrected chi connectivity index (χ3v) is 7.22. The number of fused-ring (bicyclic) bond motifs is 5. The van der Waals surface area contributed by atoms with Crippen molar-refractivity contribution in [3.05, 3.63) is 145 Å². The van der Waals surface area contributed by atoms with Crippen LogP contribution in [0, 0.1) is 0 Å². The fraction of sp³-hybridized carbons (Fsp3) is 0. The van der Waals surface area contributed by atoms with Gasteiger partial charge in [-0.1, -0.05) is 127 Å². The van der Waals surface area contributed by atoms with Crippen molar-refractivity contribution in [2.75, 3.05) is 0 Å². The van der Waals surface area contributed by atoms with Crippen molar-refractivity contribution >= 4 is 53.1 Å². The smallest absolute Gasteiger partial charge is 0.0638 e. The van der Waals surface area contributed by atoms with Crippen LogP contribution in [0.5, 0.6) is 0 Å². The molecule has 0 saturated carbocycles. The van der Waals surface area contributed by atoms with E-state index in [2.05, 4.69) is 0 Å². The van der Waals surface area contributed by atoms with Gasteiger partial charge in [0, 0.05) is 20.2 Å². The molecule has 0 N–H and O–H groups in total. The molecule has 0 atom stereocenters. The zero-order valence-electron chi connectivity index (χ0n) is 43.4. The van der Waals surface area contributed by atoms with Crippen molar-refractivity contribution in [3.8, 4) is 33.4 Å². The summed E-state index contributed by atoms with van der Waals surface area (Å²) < 4.78 is 212. The summed E-state index contributed by atoms with van der Waals surface area (Å²) in [5.41, 5.74) is -3.72. The largest absolute Gasteiger partial charge is 0.135 e. The second-order valence-corrected chi connectivity index (χ2v) is 9.28. The predicted molar refractivity (Wildman–Crippen MR) is 171 cm³/mol. The standard InChI is InChI=1S/C38H24S/c1-3-12-25(13-4-1)27-22-23-34-33(24-27)38-32(20-11-21-35(38)39-34)37-30-18-9-7-16-28(30)36(26-14-5-2-6-15-26)29-17-8-10-19-31(29)37/h1-24H/i1D,2D,3D,4D,5D,6D,7D,8D,9D,10D,11D,12D,13D,14D,15D,16D,17D,18D,19D,20D,21D,22D,23D,24D. The molecule has 8 aromatic rings. The molecule has 39 heavy (non-hydrogen) atoms. The van der Waals surface area contributed by atoms with Crippen molar-refractivity contribution in [2.24, 2.45) is 0 Å². The Bertz CT molecular complexity index is 3360. The first-order valence-corrected chi connectivity index (χ1v) is 12.2. The molecular weight excluding hydrogens is 488 g/mol. The Kier molecular flexibility index (Phi) is 2.04. The van der Waals surface area contributed by atoms with Gasteiger partial charge in [0.2, 0.25) is 0 Å². The predicted octanol–water partition coefficient (Wildman–Crippen LogP) is 11.4. The van der Waals surface area contributed by atoms with Crippen LogP contribution in [0.1, 0.15) is 32.9 Å². The van der Waals surface area contributed by atoms with Gasteiger partial charge in [-0.2, -0.15) is 0 Å². The lowest BCUT2D eigenvalue weighted by Crippen LogP contribution is -1.91. The summed E-state index contributed by atoms with van der Waals surface area (Å²) in [7, 11) is 0. The molecule has 0 bridgehead atoms. The highest BCUT2D eigenvalue weighted by molar-refractivity contribution is 7.26. The molecule has 0 aliphatic heterocycles. The van der Waals surface area contributed by atoms with E-state index in [-0.39, 0.29) is 20.2 Å². The summed E-state index contributed by atoms with van der Waals surface area (Å²) in [4.78, 5) is 0. The molecule has 0 fully saturated rings. The highest BCUT2D eigenvalue weighted by atomic mass is 32.1. The lowest BCUT2D eigenvalue weighted by atomic mass is 9.85. The molecule has 8 rings (SSSR count). The van der Waals surface area contributed by atoms with Crippen molar-refractivity contribution in [1.82, 2.24) is 0 Å². The van der Waals surface area contributed by atoms with Crippen LogP contribution >= 0.6 is 11.3 Å². The normalized spacial score (nSPS) is 20.2. The number of hydrogen-bond acceptors (Lipinski definition) is 1. The second-order valence-electron chi connectivity index (χ2n) is 8.26. The lowest BCUT2D eigenvalue weighted by molar-refractivity contribution is 1.66. The molecule has 7 aromatic carbocycles. The van der Waals surface area contributed by atoms with Crippen LogP contribution in [0.15, 0.2) is 145 Å². The van der Waals surface area contributed by atoms with E-state index in [1.165, 1.54) is 0 Å². The van der Waals surface area contributed by atoms with Gasteiger partial charge in [-0.05, 0) is 73.1 Å². The lowest BCUT2D eigenvalue weighted by Gasteiger charge is -2.18. The first-order valence-electron chi connectivity index (χ1n) is 23.4. The molecule has 1 heteroatoms. The van der Waals surface area contributed by atoms with Crippen molar-refractivity contribution in [1.29, 1.82) is 0 Å². The monoisotopic (exact) mass is 536 g/mol. The Morgan fingerprint density at radius 2 is 0.949 bits per heavy atom. The summed E-state index contributed by atoms with van der Waals surface area (Å²) >= 11 is 0.614. The number of hydrogen-bond donors (Lipinski definition) is 0. The van der Waals surface area contributed by atoms with Gasteiger partial charge in [-0.15, -0.1) is 11.3 Å². The van der Waals surface area contributed by atoms with Crippen LogP contribution in [0.2, 0.25) is 0 Å². The van der Waals surface area contributed by atoms with E-state index in [0.717, 1.165) is 0 Å². The zero-order chi connectivity index (χ0) is 46.6. The van der Waals surface area contributed by atoms with Crippen LogP contribution in [-0.4, -0.2) is 0 Å². The molecule has 182 valence electrons. The van der Waals surface area contributed by atoms with Crippen LogP contribution in [0.25, 0.3) is 75.1 Å².